The van der Waals surface area contributed by atoms with Crippen molar-refractivity contribution in [3.8, 4) is 5.75 Å². The molecule has 0 aliphatic heterocycles. The monoisotopic (exact) mass is 428 g/mol. The average Bonchev–Trinajstić information content (AvgIpc) is 2.78. The molecule has 0 radical (unpaired) electrons. The zero-order valence-corrected chi connectivity index (χ0v) is 18.9. The number of ether oxygens (including phenoxy) is 1. The fraction of sp³-hybridized carbons (Fsp3) is 0.440. The molecule has 168 valence electrons. The summed E-state index contributed by atoms with van der Waals surface area (Å²) < 4.78 is 19.0. The summed E-state index contributed by atoms with van der Waals surface area (Å²) in [5.41, 5.74) is 1.93. The molecular weight excluding hydrogens is 395 g/mol. The van der Waals surface area contributed by atoms with Crippen LogP contribution in [0.1, 0.15) is 51.7 Å². The molecule has 0 saturated carbocycles. The lowest BCUT2D eigenvalue weighted by molar-refractivity contribution is -0.143. The zero-order chi connectivity index (χ0) is 22.8. The number of halogens is 1. The summed E-state index contributed by atoms with van der Waals surface area (Å²) in [4.78, 5) is 27.5. The number of rotatable bonds is 11. The standard InChI is InChI=1S/C25H33FN2O3/c1-5-18(4)27-25(30)23(7-3)28(16-20-8-12-21(26)13-9-20)24(29)17-31-22-14-10-19(6-2)11-15-22/h8-15,18,23H,5-7,16-17H2,1-4H3,(H,27,30)/t18-,23-/m1/s1. The molecule has 0 unspecified atom stereocenters. The van der Waals surface area contributed by atoms with Gasteiger partial charge in [0.05, 0.1) is 0 Å². The van der Waals surface area contributed by atoms with E-state index in [-0.39, 0.29) is 36.8 Å². The molecule has 1 N–H and O–H groups in total. The van der Waals surface area contributed by atoms with Gasteiger partial charge in [0.2, 0.25) is 5.91 Å². The van der Waals surface area contributed by atoms with Crippen molar-refractivity contribution in [2.45, 2.75) is 65.6 Å². The molecule has 5 nitrogen and oxygen atoms in total. The predicted molar refractivity (Wildman–Crippen MR) is 120 cm³/mol. The first kappa shape index (κ1) is 24.4. The third-order valence-electron chi connectivity index (χ3n) is 5.35. The van der Waals surface area contributed by atoms with Crippen LogP contribution in [0.5, 0.6) is 5.75 Å². The molecule has 0 aromatic heterocycles. The Labute approximate surface area is 184 Å². The zero-order valence-electron chi connectivity index (χ0n) is 18.9. The molecule has 0 spiro atoms. The Balaban J connectivity index is 2.18. The SMILES string of the molecule is CCc1ccc(OCC(=O)N(Cc2ccc(F)cc2)[C@H](CC)C(=O)N[C@H](C)CC)cc1. The third-order valence-corrected chi connectivity index (χ3v) is 5.35. The van der Waals surface area contributed by atoms with Crippen LogP contribution in [-0.4, -0.2) is 35.4 Å². The van der Waals surface area contributed by atoms with Gasteiger partial charge in [-0.3, -0.25) is 9.59 Å². The number of aryl methyl sites for hydroxylation is 1. The van der Waals surface area contributed by atoms with Crippen LogP contribution < -0.4 is 10.1 Å². The maximum atomic E-state index is 13.3. The molecule has 2 amide bonds. The van der Waals surface area contributed by atoms with Gasteiger partial charge in [-0.15, -0.1) is 0 Å². The van der Waals surface area contributed by atoms with E-state index in [0.29, 0.717) is 12.2 Å². The van der Waals surface area contributed by atoms with Crippen molar-refractivity contribution in [1.82, 2.24) is 10.2 Å². The Morgan fingerprint density at radius 3 is 2.13 bits per heavy atom. The summed E-state index contributed by atoms with van der Waals surface area (Å²) in [5.74, 6) is -0.235. The van der Waals surface area contributed by atoms with Crippen LogP contribution in [0.3, 0.4) is 0 Å². The Hall–Kier alpha value is -2.89. The van der Waals surface area contributed by atoms with E-state index in [1.165, 1.54) is 22.6 Å². The van der Waals surface area contributed by atoms with E-state index in [1.54, 1.807) is 12.1 Å². The van der Waals surface area contributed by atoms with Crippen molar-refractivity contribution in [3.05, 3.63) is 65.5 Å². The van der Waals surface area contributed by atoms with Gasteiger partial charge in [0.15, 0.2) is 6.61 Å². The molecule has 31 heavy (non-hydrogen) atoms. The molecule has 0 fully saturated rings. The maximum Gasteiger partial charge on any atom is 0.261 e. The second-order valence-electron chi connectivity index (χ2n) is 7.68. The number of nitrogens with one attached hydrogen (secondary N) is 1. The predicted octanol–water partition coefficient (Wildman–Crippen LogP) is 4.49. The van der Waals surface area contributed by atoms with Crippen LogP contribution in [-0.2, 0) is 22.6 Å². The number of amides is 2. The van der Waals surface area contributed by atoms with E-state index >= 15 is 0 Å². The molecule has 2 rings (SSSR count). The van der Waals surface area contributed by atoms with Crippen molar-refractivity contribution in [2.75, 3.05) is 6.61 Å². The number of carbonyl (C=O) groups is 2. The van der Waals surface area contributed by atoms with Crippen molar-refractivity contribution in [1.29, 1.82) is 0 Å². The minimum Gasteiger partial charge on any atom is -0.484 e. The van der Waals surface area contributed by atoms with Crippen molar-refractivity contribution in [2.24, 2.45) is 0 Å². The second kappa shape index (κ2) is 12.1. The number of carbonyl (C=O) groups excluding carboxylic acids is 2. The largest absolute Gasteiger partial charge is 0.484 e. The first-order valence-corrected chi connectivity index (χ1v) is 10.9. The Morgan fingerprint density at radius 1 is 0.968 bits per heavy atom. The van der Waals surface area contributed by atoms with Gasteiger partial charge in [0, 0.05) is 12.6 Å². The summed E-state index contributed by atoms with van der Waals surface area (Å²) in [6.07, 6.45) is 2.18. The highest BCUT2D eigenvalue weighted by atomic mass is 19.1. The van der Waals surface area contributed by atoms with Crippen LogP contribution in [0.4, 0.5) is 4.39 Å². The van der Waals surface area contributed by atoms with Gasteiger partial charge in [-0.25, -0.2) is 4.39 Å². The molecular formula is C25H33FN2O3. The van der Waals surface area contributed by atoms with Gasteiger partial charge in [-0.2, -0.15) is 0 Å². The molecule has 6 heteroatoms. The van der Waals surface area contributed by atoms with E-state index in [4.69, 9.17) is 4.74 Å². The summed E-state index contributed by atoms with van der Waals surface area (Å²) in [6.45, 7) is 7.88. The van der Waals surface area contributed by atoms with Gasteiger partial charge >= 0.3 is 0 Å². The van der Waals surface area contributed by atoms with Crippen molar-refractivity contribution >= 4 is 11.8 Å². The van der Waals surface area contributed by atoms with E-state index in [9.17, 15) is 14.0 Å². The van der Waals surface area contributed by atoms with E-state index in [1.807, 2.05) is 45.0 Å². The highest BCUT2D eigenvalue weighted by Gasteiger charge is 2.29. The molecule has 2 aromatic rings. The van der Waals surface area contributed by atoms with E-state index < -0.39 is 6.04 Å². The van der Waals surface area contributed by atoms with Gasteiger partial charge in [-0.05, 0) is 61.6 Å². The molecule has 2 aromatic carbocycles. The Bertz CT molecular complexity index is 837. The number of hydrogen-bond acceptors (Lipinski definition) is 3. The van der Waals surface area contributed by atoms with Gasteiger partial charge in [0.25, 0.3) is 5.91 Å². The Kier molecular flexibility index (Phi) is 9.50. The lowest BCUT2D eigenvalue weighted by Crippen LogP contribution is -2.51. The fourth-order valence-corrected chi connectivity index (χ4v) is 3.20. The quantitative estimate of drug-likeness (QED) is 0.574. The van der Waals surface area contributed by atoms with E-state index in [0.717, 1.165) is 18.4 Å². The minimum absolute atomic E-state index is 0.0117. The van der Waals surface area contributed by atoms with Crippen LogP contribution >= 0.6 is 0 Å². The Morgan fingerprint density at radius 2 is 1.58 bits per heavy atom. The summed E-state index contributed by atoms with van der Waals surface area (Å²) in [7, 11) is 0. The third kappa shape index (κ3) is 7.39. The second-order valence-corrected chi connectivity index (χ2v) is 7.68. The van der Waals surface area contributed by atoms with E-state index in [2.05, 4.69) is 12.2 Å². The molecule has 0 aliphatic carbocycles. The summed E-state index contributed by atoms with van der Waals surface area (Å²) >= 11 is 0. The van der Waals surface area contributed by atoms with Crippen LogP contribution in [0.15, 0.2) is 48.5 Å². The number of benzene rings is 2. The molecule has 0 heterocycles. The fourth-order valence-electron chi connectivity index (χ4n) is 3.20. The number of hydrogen-bond donors (Lipinski definition) is 1. The summed E-state index contributed by atoms with van der Waals surface area (Å²) in [5, 5.41) is 2.96. The lowest BCUT2D eigenvalue weighted by Gasteiger charge is -2.31. The summed E-state index contributed by atoms with van der Waals surface area (Å²) in [6, 6.07) is 12.9. The molecule has 0 saturated heterocycles. The first-order chi connectivity index (χ1) is 14.9. The topological polar surface area (TPSA) is 58.6 Å². The van der Waals surface area contributed by atoms with Crippen molar-refractivity contribution in [3.63, 3.8) is 0 Å². The van der Waals surface area contributed by atoms with Crippen molar-refractivity contribution < 1.29 is 18.7 Å². The van der Waals surface area contributed by atoms with Crippen LogP contribution in [0.2, 0.25) is 0 Å². The smallest absolute Gasteiger partial charge is 0.261 e. The van der Waals surface area contributed by atoms with Gasteiger partial charge in [-0.1, -0.05) is 45.0 Å². The van der Waals surface area contributed by atoms with Crippen LogP contribution in [0, 0.1) is 5.82 Å². The highest BCUT2D eigenvalue weighted by molar-refractivity contribution is 5.88. The van der Waals surface area contributed by atoms with Gasteiger partial charge in [0.1, 0.15) is 17.6 Å². The van der Waals surface area contributed by atoms with Crippen LogP contribution in [0.25, 0.3) is 0 Å². The molecule has 2 atom stereocenters. The maximum absolute atomic E-state index is 13.3. The lowest BCUT2D eigenvalue weighted by atomic mass is 10.1. The molecule has 0 aliphatic rings. The average molecular weight is 429 g/mol. The van der Waals surface area contributed by atoms with Gasteiger partial charge < -0.3 is 15.0 Å². The molecule has 0 bridgehead atoms. The highest BCUT2D eigenvalue weighted by Crippen LogP contribution is 2.16. The first-order valence-electron chi connectivity index (χ1n) is 10.9. The minimum atomic E-state index is -0.641. The normalized spacial score (nSPS) is 12.7. The number of nitrogens with zero attached hydrogens (tertiary/aromatic N) is 1.